The minimum atomic E-state index is 0.00714. The molecule has 3 rings (SSSR count). The van der Waals surface area contributed by atoms with Gasteiger partial charge in [0, 0.05) is 11.6 Å². The van der Waals surface area contributed by atoms with Gasteiger partial charge in [0.1, 0.15) is 0 Å². The van der Waals surface area contributed by atoms with Crippen molar-refractivity contribution in [1.82, 2.24) is 0 Å². The highest BCUT2D eigenvalue weighted by Gasteiger charge is 2.50. The first-order valence-electron chi connectivity index (χ1n) is 6.72. The van der Waals surface area contributed by atoms with Crippen molar-refractivity contribution in [3.63, 3.8) is 0 Å². The second kappa shape index (κ2) is 4.57. The lowest BCUT2D eigenvalue weighted by Gasteiger charge is -2.28. The first-order valence-corrected chi connectivity index (χ1v) is 7.13. The summed E-state index contributed by atoms with van der Waals surface area (Å²) >= 11 is 5.60. The van der Waals surface area contributed by atoms with Gasteiger partial charge in [0.05, 0.1) is 10.9 Å². The smallest absolute Gasteiger partial charge is 0.236 e. The van der Waals surface area contributed by atoms with Crippen LogP contribution in [0.2, 0.25) is 0 Å². The monoisotopic (exact) mass is 271 g/mol. The number of carbonyl (C=O) groups excluding carboxylic acids is 1. The second-order valence-electron chi connectivity index (χ2n) is 5.50. The van der Waals surface area contributed by atoms with Gasteiger partial charge in [-0.15, -0.1) is 0 Å². The Morgan fingerprint density at radius 2 is 1.58 bits per heavy atom. The van der Waals surface area contributed by atoms with Crippen molar-refractivity contribution >= 4 is 28.8 Å². The van der Waals surface area contributed by atoms with Crippen molar-refractivity contribution < 1.29 is 4.79 Å². The predicted molar refractivity (Wildman–Crippen MR) is 81.0 cm³/mol. The highest BCUT2D eigenvalue weighted by molar-refractivity contribution is 7.80. The molecule has 1 aliphatic heterocycles. The lowest BCUT2D eigenvalue weighted by atomic mass is 9.73. The number of thiocarbonyl (C=S) groups is 1. The number of nitrogens with zero attached hydrogens (tertiary/aromatic N) is 1. The number of allylic oxidation sites excluding steroid dienone is 2. The van der Waals surface area contributed by atoms with E-state index in [1.807, 2.05) is 30.3 Å². The molecular weight excluding hydrogens is 254 g/mol. The van der Waals surface area contributed by atoms with E-state index in [1.54, 1.807) is 4.90 Å². The average Bonchev–Trinajstić information content (AvgIpc) is 2.68. The average molecular weight is 271 g/mol. The number of carbonyl (C=O) groups is 1. The number of hydrogen-bond donors (Lipinski definition) is 0. The van der Waals surface area contributed by atoms with Crippen molar-refractivity contribution in [2.24, 2.45) is 23.7 Å². The number of para-hydroxylation sites is 1. The first-order chi connectivity index (χ1) is 9.11. The quantitative estimate of drug-likeness (QED) is 0.576. The third-order valence-corrected chi connectivity index (χ3v) is 4.72. The molecule has 1 aromatic rings. The number of anilines is 1. The SMILES string of the molecule is C[C@@H]1C=C[C@H](C)[C@@H]2C(=S)N(c3ccccc3)C(=O)[C@@H]21. The first kappa shape index (κ1) is 12.5. The fourth-order valence-electron chi connectivity index (χ4n) is 3.24. The van der Waals surface area contributed by atoms with E-state index in [1.165, 1.54) is 0 Å². The van der Waals surface area contributed by atoms with Crippen LogP contribution in [0.1, 0.15) is 13.8 Å². The third-order valence-electron chi connectivity index (χ3n) is 4.26. The molecule has 1 saturated heterocycles. The van der Waals surface area contributed by atoms with Gasteiger partial charge in [-0.1, -0.05) is 56.4 Å². The van der Waals surface area contributed by atoms with Gasteiger partial charge >= 0.3 is 0 Å². The van der Waals surface area contributed by atoms with Crippen LogP contribution in [-0.4, -0.2) is 10.9 Å². The Bertz CT molecular complexity index is 521. The van der Waals surface area contributed by atoms with Crippen LogP contribution in [0.25, 0.3) is 0 Å². The lowest BCUT2D eigenvalue weighted by Crippen LogP contribution is -2.31. The molecule has 3 heteroatoms. The molecule has 1 aliphatic carbocycles. The Morgan fingerprint density at radius 3 is 2.16 bits per heavy atom. The Morgan fingerprint density at radius 1 is 1.00 bits per heavy atom. The van der Waals surface area contributed by atoms with Crippen LogP contribution in [0.3, 0.4) is 0 Å². The minimum absolute atomic E-state index is 0.00714. The Labute approximate surface area is 119 Å². The largest absolute Gasteiger partial charge is 0.274 e. The molecule has 1 fully saturated rings. The van der Waals surface area contributed by atoms with Crippen molar-refractivity contribution in [2.45, 2.75) is 13.8 Å². The summed E-state index contributed by atoms with van der Waals surface area (Å²) in [6.45, 7) is 4.25. The fourth-order valence-corrected chi connectivity index (χ4v) is 3.80. The maximum absolute atomic E-state index is 12.7. The summed E-state index contributed by atoms with van der Waals surface area (Å²) < 4.78 is 0. The molecule has 0 aromatic heterocycles. The van der Waals surface area contributed by atoms with E-state index in [2.05, 4.69) is 26.0 Å². The molecule has 1 heterocycles. The Balaban J connectivity index is 2.03. The lowest BCUT2D eigenvalue weighted by molar-refractivity contribution is -0.122. The van der Waals surface area contributed by atoms with E-state index in [0.29, 0.717) is 5.92 Å². The van der Waals surface area contributed by atoms with Gasteiger partial charge in [-0.25, -0.2) is 0 Å². The van der Waals surface area contributed by atoms with Gasteiger partial charge in [-0.2, -0.15) is 0 Å². The molecule has 98 valence electrons. The van der Waals surface area contributed by atoms with E-state index in [9.17, 15) is 4.79 Å². The minimum Gasteiger partial charge on any atom is -0.274 e. The zero-order valence-electron chi connectivity index (χ0n) is 11.1. The molecule has 0 saturated carbocycles. The van der Waals surface area contributed by atoms with Gasteiger partial charge in [0.25, 0.3) is 0 Å². The summed E-state index contributed by atoms with van der Waals surface area (Å²) in [6, 6.07) is 9.73. The molecule has 1 amide bonds. The topological polar surface area (TPSA) is 20.3 Å². The van der Waals surface area contributed by atoms with Crippen LogP contribution in [0.15, 0.2) is 42.5 Å². The van der Waals surface area contributed by atoms with Crippen molar-refractivity contribution in [1.29, 1.82) is 0 Å². The van der Waals surface area contributed by atoms with Gasteiger partial charge < -0.3 is 0 Å². The molecule has 4 atom stereocenters. The summed E-state index contributed by atoms with van der Waals surface area (Å²) in [7, 11) is 0. The van der Waals surface area contributed by atoms with Crippen LogP contribution in [0.4, 0.5) is 5.69 Å². The zero-order valence-corrected chi connectivity index (χ0v) is 11.9. The Hall–Kier alpha value is -1.48. The van der Waals surface area contributed by atoms with Gasteiger partial charge in [0.15, 0.2) is 0 Å². The van der Waals surface area contributed by atoms with E-state index >= 15 is 0 Å². The molecule has 2 nitrogen and oxygen atoms in total. The molecule has 0 N–H and O–H groups in total. The van der Waals surface area contributed by atoms with Crippen LogP contribution in [0.5, 0.6) is 0 Å². The highest BCUT2D eigenvalue weighted by Crippen LogP contribution is 2.43. The molecule has 0 radical (unpaired) electrons. The molecule has 0 bridgehead atoms. The zero-order chi connectivity index (χ0) is 13.6. The number of fused-ring (bicyclic) bond motifs is 1. The summed E-state index contributed by atoms with van der Waals surface area (Å²) in [6.07, 6.45) is 4.35. The van der Waals surface area contributed by atoms with Crippen molar-refractivity contribution in [3.05, 3.63) is 42.5 Å². The van der Waals surface area contributed by atoms with Crippen LogP contribution >= 0.6 is 12.2 Å². The summed E-state index contributed by atoms with van der Waals surface area (Å²) in [5, 5.41) is 0. The normalized spacial score (nSPS) is 33.7. The van der Waals surface area contributed by atoms with Gasteiger partial charge in [-0.3, -0.25) is 9.69 Å². The molecule has 1 aromatic carbocycles. The molecule has 0 spiro atoms. The van der Waals surface area contributed by atoms with Crippen LogP contribution in [0, 0.1) is 23.7 Å². The Kier molecular flexibility index (Phi) is 3.02. The third kappa shape index (κ3) is 1.84. The van der Waals surface area contributed by atoms with E-state index in [4.69, 9.17) is 12.2 Å². The van der Waals surface area contributed by atoms with E-state index in [0.717, 1.165) is 10.7 Å². The maximum atomic E-state index is 12.7. The number of amides is 1. The summed E-state index contributed by atoms with van der Waals surface area (Å²) in [5.41, 5.74) is 0.895. The number of hydrogen-bond acceptors (Lipinski definition) is 2. The standard InChI is InChI=1S/C16H17NOS/c1-10-8-9-11(2)14-13(10)15(18)17(16(14)19)12-6-4-3-5-7-12/h3-11,13-14H,1-2H3/t10-,11+,13-,14+/m1/s1. The second-order valence-corrected chi connectivity index (χ2v) is 5.92. The molecule has 0 unspecified atom stereocenters. The van der Waals surface area contributed by atoms with E-state index < -0.39 is 0 Å². The molecular formula is C16H17NOS. The fraction of sp³-hybridized carbons (Fsp3) is 0.375. The predicted octanol–water partition coefficient (Wildman–Crippen LogP) is 3.44. The maximum Gasteiger partial charge on any atom is 0.236 e. The highest BCUT2D eigenvalue weighted by atomic mass is 32.1. The van der Waals surface area contributed by atoms with Gasteiger partial charge in [0.2, 0.25) is 5.91 Å². The van der Waals surface area contributed by atoms with Gasteiger partial charge in [-0.05, 0) is 24.0 Å². The molecule has 2 aliphatic rings. The van der Waals surface area contributed by atoms with E-state index in [-0.39, 0.29) is 23.7 Å². The summed E-state index contributed by atoms with van der Waals surface area (Å²) in [4.78, 5) is 15.2. The van der Waals surface area contributed by atoms with Crippen molar-refractivity contribution in [3.8, 4) is 0 Å². The van der Waals surface area contributed by atoms with Crippen molar-refractivity contribution in [2.75, 3.05) is 4.90 Å². The number of benzene rings is 1. The summed E-state index contributed by atoms with van der Waals surface area (Å²) in [5.74, 6) is 0.937. The van der Waals surface area contributed by atoms with Crippen LogP contribution < -0.4 is 4.90 Å². The van der Waals surface area contributed by atoms with Crippen LogP contribution in [-0.2, 0) is 4.79 Å². The number of rotatable bonds is 1. The molecule has 19 heavy (non-hydrogen) atoms.